The van der Waals surface area contributed by atoms with Crippen LogP contribution in [0, 0.1) is 0 Å². The van der Waals surface area contributed by atoms with E-state index in [9.17, 15) is 18.4 Å². The first-order chi connectivity index (χ1) is 8.99. The van der Waals surface area contributed by atoms with Crippen LogP contribution in [0.4, 0.5) is 8.78 Å². The second-order valence-electron chi connectivity index (χ2n) is 5.07. The summed E-state index contributed by atoms with van der Waals surface area (Å²) in [6, 6.07) is -1.16. The molecule has 1 aromatic heterocycles. The Hall–Kier alpha value is -1.50. The molecule has 1 aliphatic carbocycles. The summed E-state index contributed by atoms with van der Waals surface area (Å²) in [6.45, 7) is 0.544. The Morgan fingerprint density at radius 1 is 1.37 bits per heavy atom. The molecule has 2 atom stereocenters. The third-order valence-electron chi connectivity index (χ3n) is 3.85. The molecule has 0 aromatic carbocycles. The number of hydrogen-bond acceptors (Lipinski definition) is 3. The number of halogens is 2. The van der Waals surface area contributed by atoms with Crippen molar-refractivity contribution in [3.8, 4) is 0 Å². The van der Waals surface area contributed by atoms with Crippen molar-refractivity contribution < 1.29 is 13.5 Å². The summed E-state index contributed by atoms with van der Waals surface area (Å²) >= 11 is 0. The molecule has 19 heavy (non-hydrogen) atoms. The van der Waals surface area contributed by atoms with Crippen LogP contribution in [-0.4, -0.2) is 22.1 Å². The third kappa shape index (κ3) is 2.01. The van der Waals surface area contributed by atoms with Crippen LogP contribution >= 0.6 is 0 Å². The Morgan fingerprint density at radius 3 is 2.68 bits per heavy atom. The first kappa shape index (κ1) is 12.5. The molecule has 7 heteroatoms. The standard InChI is InChI=1S/C12H14F2N2O3/c13-12(14)4-3-9(12)16-6-7(8-2-1-5-19-8)10(17)15-11(16)18/h6,8-9H,1-5H2,(H,15,17,18). The Morgan fingerprint density at radius 2 is 2.16 bits per heavy atom. The van der Waals surface area contributed by atoms with E-state index in [-0.39, 0.29) is 18.4 Å². The summed E-state index contributed by atoms with van der Waals surface area (Å²) in [7, 11) is 0. The average molecular weight is 272 g/mol. The molecule has 1 N–H and O–H groups in total. The minimum absolute atomic E-state index is 0.224. The molecule has 0 radical (unpaired) electrons. The van der Waals surface area contributed by atoms with E-state index < -0.39 is 29.3 Å². The van der Waals surface area contributed by atoms with Crippen molar-refractivity contribution in [3.63, 3.8) is 0 Å². The van der Waals surface area contributed by atoms with E-state index >= 15 is 0 Å². The minimum Gasteiger partial charge on any atom is -0.373 e. The zero-order valence-electron chi connectivity index (χ0n) is 10.2. The molecule has 3 rings (SSSR count). The van der Waals surface area contributed by atoms with Gasteiger partial charge in [0.15, 0.2) is 0 Å². The highest BCUT2D eigenvalue weighted by Crippen LogP contribution is 2.46. The van der Waals surface area contributed by atoms with Crippen LogP contribution < -0.4 is 11.2 Å². The Balaban J connectivity index is 2.03. The topological polar surface area (TPSA) is 64.1 Å². The number of aromatic nitrogens is 2. The summed E-state index contributed by atoms with van der Waals surface area (Å²) in [5.41, 5.74) is -1.06. The van der Waals surface area contributed by atoms with E-state index in [4.69, 9.17) is 4.74 Å². The second kappa shape index (κ2) is 4.26. The third-order valence-corrected chi connectivity index (χ3v) is 3.85. The SMILES string of the molecule is O=c1[nH]c(=O)n(C2CCC2(F)F)cc1C1CCCO1. The van der Waals surface area contributed by atoms with E-state index in [2.05, 4.69) is 4.98 Å². The molecule has 2 heterocycles. The van der Waals surface area contributed by atoms with Crippen molar-refractivity contribution in [2.75, 3.05) is 6.61 Å². The summed E-state index contributed by atoms with van der Waals surface area (Å²) in [5.74, 6) is -2.88. The van der Waals surface area contributed by atoms with Gasteiger partial charge in [-0.05, 0) is 19.3 Å². The second-order valence-corrected chi connectivity index (χ2v) is 5.07. The fourth-order valence-corrected chi connectivity index (χ4v) is 2.62. The summed E-state index contributed by atoms with van der Waals surface area (Å²) in [5, 5.41) is 0. The average Bonchev–Trinajstić information content (AvgIpc) is 2.84. The van der Waals surface area contributed by atoms with Crippen LogP contribution in [0.25, 0.3) is 0 Å². The van der Waals surface area contributed by atoms with Gasteiger partial charge in [-0.1, -0.05) is 0 Å². The van der Waals surface area contributed by atoms with Crippen LogP contribution in [0.1, 0.15) is 43.4 Å². The monoisotopic (exact) mass is 272 g/mol. The largest absolute Gasteiger partial charge is 0.373 e. The van der Waals surface area contributed by atoms with Gasteiger partial charge in [-0.15, -0.1) is 0 Å². The Kier molecular flexibility index (Phi) is 2.81. The van der Waals surface area contributed by atoms with Crippen molar-refractivity contribution in [3.05, 3.63) is 32.6 Å². The predicted molar refractivity (Wildman–Crippen MR) is 62.5 cm³/mol. The molecule has 1 aromatic rings. The molecule has 5 nitrogen and oxygen atoms in total. The van der Waals surface area contributed by atoms with Crippen molar-refractivity contribution >= 4 is 0 Å². The van der Waals surface area contributed by atoms with E-state index in [1.165, 1.54) is 6.20 Å². The summed E-state index contributed by atoms with van der Waals surface area (Å²) in [4.78, 5) is 25.5. The molecule has 2 fully saturated rings. The number of aromatic amines is 1. The number of nitrogens with one attached hydrogen (secondary N) is 1. The van der Waals surface area contributed by atoms with Crippen LogP contribution in [0.5, 0.6) is 0 Å². The highest BCUT2D eigenvalue weighted by molar-refractivity contribution is 5.11. The van der Waals surface area contributed by atoms with Gasteiger partial charge in [-0.2, -0.15) is 0 Å². The predicted octanol–water partition coefficient (Wildman–Crippen LogP) is 1.36. The van der Waals surface area contributed by atoms with Crippen LogP contribution in [0.2, 0.25) is 0 Å². The lowest BCUT2D eigenvalue weighted by Gasteiger charge is -2.37. The maximum Gasteiger partial charge on any atom is 0.328 e. The molecule has 0 amide bonds. The van der Waals surface area contributed by atoms with E-state index in [1.807, 2.05) is 0 Å². The molecule has 1 aliphatic heterocycles. The van der Waals surface area contributed by atoms with Crippen molar-refractivity contribution in [1.29, 1.82) is 0 Å². The Labute approximate surface area is 107 Å². The van der Waals surface area contributed by atoms with Gasteiger partial charge >= 0.3 is 5.69 Å². The molecule has 2 aliphatic rings. The molecule has 0 bridgehead atoms. The first-order valence-electron chi connectivity index (χ1n) is 6.34. The van der Waals surface area contributed by atoms with Gasteiger partial charge in [0.05, 0.1) is 11.7 Å². The highest BCUT2D eigenvalue weighted by atomic mass is 19.3. The number of alkyl halides is 2. The number of nitrogens with zero attached hydrogens (tertiary/aromatic N) is 1. The quantitative estimate of drug-likeness (QED) is 0.884. The molecule has 0 spiro atoms. The molecule has 1 saturated carbocycles. The smallest absolute Gasteiger partial charge is 0.328 e. The van der Waals surface area contributed by atoms with Gasteiger partial charge in [0.25, 0.3) is 11.5 Å². The summed E-state index contributed by atoms with van der Waals surface area (Å²) in [6.07, 6.45) is 2.35. The Bertz CT molecular complexity index is 602. The van der Waals surface area contributed by atoms with E-state index in [0.29, 0.717) is 13.0 Å². The van der Waals surface area contributed by atoms with Gasteiger partial charge < -0.3 is 4.74 Å². The van der Waals surface area contributed by atoms with Crippen molar-refractivity contribution in [2.45, 2.75) is 43.8 Å². The van der Waals surface area contributed by atoms with Gasteiger partial charge in [-0.3, -0.25) is 14.3 Å². The van der Waals surface area contributed by atoms with Gasteiger partial charge in [0.1, 0.15) is 6.04 Å². The van der Waals surface area contributed by atoms with E-state index in [0.717, 1.165) is 11.0 Å². The normalized spacial score (nSPS) is 29.2. The fourth-order valence-electron chi connectivity index (χ4n) is 2.62. The van der Waals surface area contributed by atoms with E-state index in [1.54, 1.807) is 0 Å². The van der Waals surface area contributed by atoms with Crippen LogP contribution in [-0.2, 0) is 4.74 Å². The fraction of sp³-hybridized carbons (Fsp3) is 0.667. The van der Waals surface area contributed by atoms with Crippen molar-refractivity contribution in [1.82, 2.24) is 9.55 Å². The molecular weight excluding hydrogens is 258 g/mol. The lowest BCUT2D eigenvalue weighted by Crippen LogP contribution is -2.46. The minimum atomic E-state index is -2.88. The zero-order chi connectivity index (χ0) is 13.6. The number of rotatable bonds is 2. The number of hydrogen-bond donors (Lipinski definition) is 1. The van der Waals surface area contributed by atoms with Crippen LogP contribution in [0.3, 0.4) is 0 Å². The molecular formula is C12H14F2N2O3. The first-order valence-corrected chi connectivity index (χ1v) is 6.34. The van der Waals surface area contributed by atoms with Crippen LogP contribution in [0.15, 0.2) is 15.8 Å². The maximum absolute atomic E-state index is 13.4. The number of H-pyrrole nitrogens is 1. The molecule has 2 unspecified atom stereocenters. The van der Waals surface area contributed by atoms with Crippen molar-refractivity contribution in [2.24, 2.45) is 0 Å². The molecule has 104 valence electrons. The summed E-state index contributed by atoms with van der Waals surface area (Å²) < 4.78 is 33.1. The van der Waals surface area contributed by atoms with Gasteiger partial charge in [-0.25, -0.2) is 13.6 Å². The highest BCUT2D eigenvalue weighted by Gasteiger charge is 2.50. The lowest BCUT2D eigenvalue weighted by molar-refractivity contribution is -0.124. The maximum atomic E-state index is 13.4. The van der Waals surface area contributed by atoms with Gasteiger partial charge in [0.2, 0.25) is 0 Å². The zero-order valence-corrected chi connectivity index (χ0v) is 10.2. The number of ether oxygens (including phenoxy) is 1. The molecule has 1 saturated heterocycles. The van der Waals surface area contributed by atoms with Gasteiger partial charge in [0, 0.05) is 19.2 Å². The lowest BCUT2D eigenvalue weighted by atomic mass is 9.87.